The Morgan fingerprint density at radius 1 is 1.38 bits per heavy atom. The summed E-state index contributed by atoms with van der Waals surface area (Å²) < 4.78 is 32.0. The van der Waals surface area contributed by atoms with Gasteiger partial charge in [-0.05, 0) is 41.6 Å². The zero-order valence-corrected chi connectivity index (χ0v) is 14.8. The van der Waals surface area contributed by atoms with Crippen LogP contribution in [0, 0.1) is 0 Å². The highest BCUT2D eigenvalue weighted by Gasteiger charge is 2.29. The molecule has 0 radical (unpaired) electrons. The topological polar surface area (TPSA) is 75.7 Å². The van der Waals surface area contributed by atoms with Crippen LogP contribution in [-0.2, 0) is 32.5 Å². The number of amides is 1. The van der Waals surface area contributed by atoms with Gasteiger partial charge >= 0.3 is 0 Å². The molecule has 0 aliphatic carbocycles. The number of thiophene rings is 1. The summed E-state index contributed by atoms with van der Waals surface area (Å²) in [5, 5.41) is 4.62. The molecule has 0 unspecified atom stereocenters. The van der Waals surface area contributed by atoms with E-state index in [0.717, 1.165) is 12.0 Å². The second-order valence-electron chi connectivity index (χ2n) is 5.47. The van der Waals surface area contributed by atoms with Gasteiger partial charge in [-0.2, -0.15) is 4.31 Å². The first-order valence-electron chi connectivity index (χ1n) is 7.45. The molecule has 0 saturated carbocycles. The fourth-order valence-corrected chi connectivity index (χ4v) is 4.99. The summed E-state index contributed by atoms with van der Waals surface area (Å²) in [6.07, 6.45) is 0.733. The zero-order chi connectivity index (χ0) is 17.2. The summed E-state index contributed by atoms with van der Waals surface area (Å²) in [7, 11) is -2.17. The molecule has 8 heteroatoms. The summed E-state index contributed by atoms with van der Waals surface area (Å²) in [5.74, 6) is -0.326. The number of hydrogen-bond donors (Lipinski definition) is 1. The number of carbonyl (C=O) groups excluding carboxylic acids is 1. The molecule has 3 rings (SSSR count). The number of carbonyl (C=O) groups is 1. The molecule has 1 amide bonds. The monoisotopic (exact) mass is 366 g/mol. The number of hydrogen-bond acceptors (Lipinski definition) is 5. The van der Waals surface area contributed by atoms with Crippen molar-refractivity contribution < 1.29 is 17.9 Å². The number of anilines is 1. The molecule has 1 aromatic heterocycles. The van der Waals surface area contributed by atoms with Crippen LogP contribution < -0.4 is 5.32 Å². The highest BCUT2D eigenvalue weighted by Crippen LogP contribution is 2.28. The summed E-state index contributed by atoms with van der Waals surface area (Å²) >= 11 is 1.67. The highest BCUT2D eigenvalue weighted by atomic mass is 32.2. The molecule has 0 saturated heterocycles. The van der Waals surface area contributed by atoms with E-state index in [1.807, 2.05) is 11.4 Å². The van der Waals surface area contributed by atoms with Crippen LogP contribution in [0.3, 0.4) is 0 Å². The lowest BCUT2D eigenvalue weighted by atomic mass is 10.1. The van der Waals surface area contributed by atoms with Gasteiger partial charge in [0.1, 0.15) is 6.61 Å². The Morgan fingerprint density at radius 2 is 2.21 bits per heavy atom. The molecule has 1 aliphatic rings. The molecule has 24 heavy (non-hydrogen) atoms. The van der Waals surface area contributed by atoms with Crippen molar-refractivity contribution in [3.63, 3.8) is 0 Å². The third kappa shape index (κ3) is 3.51. The largest absolute Gasteiger partial charge is 0.375 e. The number of benzene rings is 1. The van der Waals surface area contributed by atoms with Gasteiger partial charge in [-0.15, -0.1) is 11.3 Å². The Balaban J connectivity index is 1.81. The Hall–Kier alpha value is -1.74. The molecule has 0 spiro atoms. The smallest absolute Gasteiger partial charge is 0.250 e. The van der Waals surface area contributed by atoms with Gasteiger partial charge in [0.25, 0.3) is 0 Å². The standard InChI is InChI=1S/C16H18N2O4S2/c1-22-11-16(19)17-13-3-2-4-14(9-13)24(20,21)18-7-5-15-12(10-18)6-8-23-15/h2-4,6,8-9H,5,7,10-11H2,1H3,(H,17,19). The maximum Gasteiger partial charge on any atom is 0.250 e. The zero-order valence-electron chi connectivity index (χ0n) is 13.2. The highest BCUT2D eigenvalue weighted by molar-refractivity contribution is 7.89. The molecule has 2 aromatic rings. The normalized spacial score (nSPS) is 15.0. The lowest BCUT2D eigenvalue weighted by Gasteiger charge is -2.26. The number of nitrogens with zero attached hydrogens (tertiary/aromatic N) is 1. The number of rotatable bonds is 5. The summed E-state index contributed by atoms with van der Waals surface area (Å²) in [6, 6.07) is 8.27. The molecule has 6 nitrogen and oxygen atoms in total. The van der Waals surface area contributed by atoms with E-state index < -0.39 is 10.0 Å². The van der Waals surface area contributed by atoms with Crippen LogP contribution >= 0.6 is 11.3 Å². The van der Waals surface area contributed by atoms with Crippen LogP contribution in [0.25, 0.3) is 0 Å². The molecular weight excluding hydrogens is 348 g/mol. The van der Waals surface area contributed by atoms with Crippen molar-refractivity contribution in [2.75, 3.05) is 25.6 Å². The molecular formula is C16H18N2O4S2. The Labute approximate surface area is 145 Å². The first kappa shape index (κ1) is 17.1. The van der Waals surface area contributed by atoms with Gasteiger partial charge in [0.15, 0.2) is 0 Å². The minimum Gasteiger partial charge on any atom is -0.375 e. The average Bonchev–Trinajstić information content (AvgIpc) is 3.03. The second kappa shape index (κ2) is 7.02. The quantitative estimate of drug-likeness (QED) is 0.879. The van der Waals surface area contributed by atoms with Crippen LogP contribution in [0.2, 0.25) is 0 Å². The number of nitrogens with one attached hydrogen (secondary N) is 1. The fraction of sp³-hybridized carbons (Fsp3) is 0.312. The van der Waals surface area contributed by atoms with Crippen molar-refractivity contribution in [2.24, 2.45) is 0 Å². The lowest BCUT2D eigenvalue weighted by Crippen LogP contribution is -2.35. The number of ether oxygens (including phenoxy) is 1. The molecule has 0 fully saturated rings. The van der Waals surface area contributed by atoms with E-state index in [1.54, 1.807) is 29.5 Å². The third-order valence-electron chi connectivity index (χ3n) is 3.80. The van der Waals surface area contributed by atoms with Gasteiger partial charge < -0.3 is 10.1 Å². The number of methoxy groups -OCH3 is 1. The molecule has 1 aromatic carbocycles. The predicted octanol–water partition coefficient (Wildman–Crippen LogP) is 2.08. The van der Waals surface area contributed by atoms with Crippen LogP contribution in [0.5, 0.6) is 0 Å². The Bertz CT molecular complexity index is 845. The van der Waals surface area contributed by atoms with Gasteiger partial charge in [0.2, 0.25) is 15.9 Å². The Kier molecular flexibility index (Phi) is 5.00. The van der Waals surface area contributed by atoms with Gasteiger partial charge in [-0.3, -0.25) is 4.79 Å². The first-order valence-corrected chi connectivity index (χ1v) is 9.77. The maximum absolute atomic E-state index is 12.9. The molecule has 1 N–H and O–H groups in total. The Morgan fingerprint density at radius 3 is 3.00 bits per heavy atom. The van der Waals surface area contributed by atoms with Gasteiger partial charge in [-0.25, -0.2) is 8.42 Å². The van der Waals surface area contributed by atoms with Crippen LogP contribution in [-0.4, -0.2) is 38.9 Å². The average molecular weight is 366 g/mol. The van der Waals surface area contributed by atoms with Crippen molar-refractivity contribution in [3.8, 4) is 0 Å². The van der Waals surface area contributed by atoms with Crippen molar-refractivity contribution in [2.45, 2.75) is 17.9 Å². The van der Waals surface area contributed by atoms with E-state index in [9.17, 15) is 13.2 Å². The third-order valence-corrected chi connectivity index (χ3v) is 6.67. The van der Waals surface area contributed by atoms with Crippen LogP contribution in [0.15, 0.2) is 40.6 Å². The van der Waals surface area contributed by atoms with E-state index in [2.05, 4.69) is 5.32 Å². The molecule has 128 valence electrons. The van der Waals surface area contributed by atoms with E-state index in [4.69, 9.17) is 4.74 Å². The van der Waals surface area contributed by atoms with Gasteiger partial charge in [0, 0.05) is 30.8 Å². The summed E-state index contributed by atoms with van der Waals surface area (Å²) in [4.78, 5) is 13.0. The molecule has 0 bridgehead atoms. The van der Waals surface area contributed by atoms with Gasteiger partial charge in [-0.1, -0.05) is 6.07 Å². The van der Waals surface area contributed by atoms with Crippen molar-refractivity contribution in [3.05, 3.63) is 46.2 Å². The first-order chi connectivity index (χ1) is 11.5. The lowest BCUT2D eigenvalue weighted by molar-refractivity contribution is -0.119. The van der Waals surface area contributed by atoms with Crippen molar-refractivity contribution in [1.29, 1.82) is 0 Å². The van der Waals surface area contributed by atoms with E-state index in [1.165, 1.54) is 22.4 Å². The molecule has 0 atom stereocenters. The van der Waals surface area contributed by atoms with Gasteiger partial charge in [0.05, 0.1) is 4.90 Å². The van der Waals surface area contributed by atoms with Crippen LogP contribution in [0.4, 0.5) is 5.69 Å². The van der Waals surface area contributed by atoms with E-state index >= 15 is 0 Å². The molecule has 1 aliphatic heterocycles. The van der Waals surface area contributed by atoms with E-state index in [0.29, 0.717) is 18.8 Å². The SMILES string of the molecule is COCC(=O)Nc1cccc(S(=O)(=O)N2CCc3sccc3C2)c1. The van der Waals surface area contributed by atoms with Crippen LogP contribution in [0.1, 0.15) is 10.4 Å². The van der Waals surface area contributed by atoms with Crippen molar-refractivity contribution >= 4 is 33.0 Å². The minimum absolute atomic E-state index is 0.0793. The maximum atomic E-state index is 12.9. The fourth-order valence-electron chi connectivity index (χ4n) is 2.64. The second-order valence-corrected chi connectivity index (χ2v) is 8.41. The number of fused-ring (bicyclic) bond motifs is 1. The number of sulfonamides is 1. The summed E-state index contributed by atoms with van der Waals surface area (Å²) in [5.41, 5.74) is 1.51. The van der Waals surface area contributed by atoms with Crippen molar-refractivity contribution in [1.82, 2.24) is 4.31 Å². The van der Waals surface area contributed by atoms with E-state index in [-0.39, 0.29) is 17.4 Å². The predicted molar refractivity (Wildman–Crippen MR) is 92.6 cm³/mol. The molecule has 2 heterocycles. The minimum atomic E-state index is -3.60. The summed E-state index contributed by atoms with van der Waals surface area (Å²) in [6.45, 7) is 0.779.